The number of hydrogen-bond acceptors (Lipinski definition) is 4. The predicted molar refractivity (Wildman–Crippen MR) is 120 cm³/mol. The highest BCUT2D eigenvalue weighted by Gasteiger charge is 2.23. The van der Waals surface area contributed by atoms with Crippen LogP contribution in [-0.4, -0.2) is 60.1 Å². The van der Waals surface area contributed by atoms with Crippen molar-refractivity contribution in [3.8, 4) is 0 Å². The highest BCUT2D eigenvalue weighted by atomic mass is 35.5. The lowest BCUT2D eigenvalue weighted by Gasteiger charge is -2.34. The fourth-order valence-electron chi connectivity index (χ4n) is 3.34. The molecule has 1 saturated heterocycles. The second-order valence-corrected chi connectivity index (χ2v) is 8.62. The maximum atomic E-state index is 12.5. The Bertz CT molecular complexity index is 862. The first-order valence-corrected chi connectivity index (χ1v) is 11.0. The molecule has 154 valence electrons. The number of aryl methyl sites for hydroxylation is 2. The van der Waals surface area contributed by atoms with Gasteiger partial charge >= 0.3 is 0 Å². The van der Waals surface area contributed by atoms with Crippen LogP contribution >= 0.6 is 23.4 Å². The lowest BCUT2D eigenvalue weighted by Crippen LogP contribution is -2.50. The van der Waals surface area contributed by atoms with Crippen LogP contribution in [0.3, 0.4) is 0 Å². The zero-order valence-electron chi connectivity index (χ0n) is 16.8. The van der Waals surface area contributed by atoms with Gasteiger partial charge in [-0.25, -0.2) is 0 Å². The van der Waals surface area contributed by atoms with Crippen LogP contribution in [0.5, 0.6) is 0 Å². The molecule has 2 aromatic rings. The van der Waals surface area contributed by atoms with Gasteiger partial charge in [0.25, 0.3) is 0 Å². The minimum absolute atomic E-state index is 0.0172. The molecule has 0 spiro atoms. The molecule has 0 atom stereocenters. The van der Waals surface area contributed by atoms with Gasteiger partial charge in [0.15, 0.2) is 0 Å². The molecule has 0 saturated carbocycles. The Balaban J connectivity index is 1.43. The van der Waals surface area contributed by atoms with Crippen LogP contribution in [0, 0.1) is 13.8 Å². The van der Waals surface area contributed by atoms with Gasteiger partial charge in [-0.15, -0.1) is 11.8 Å². The number of nitrogens with one attached hydrogen (secondary N) is 1. The number of thioether (sulfide) groups is 1. The smallest absolute Gasteiger partial charge is 0.238 e. The lowest BCUT2D eigenvalue weighted by atomic mass is 10.1. The number of benzene rings is 2. The molecule has 1 aliphatic rings. The van der Waals surface area contributed by atoms with E-state index >= 15 is 0 Å². The molecule has 7 heteroatoms. The van der Waals surface area contributed by atoms with Crippen LogP contribution in [0.4, 0.5) is 5.69 Å². The van der Waals surface area contributed by atoms with Crippen LogP contribution in [0.25, 0.3) is 0 Å². The molecule has 1 N–H and O–H groups in total. The van der Waals surface area contributed by atoms with Crippen molar-refractivity contribution in [1.82, 2.24) is 9.80 Å². The summed E-state index contributed by atoms with van der Waals surface area (Å²) >= 11 is 7.61. The van der Waals surface area contributed by atoms with Crippen LogP contribution in [0.15, 0.2) is 47.4 Å². The number of carbonyl (C=O) groups excluding carboxylic acids is 2. The Morgan fingerprint density at radius 2 is 1.66 bits per heavy atom. The second-order valence-electron chi connectivity index (χ2n) is 7.19. The van der Waals surface area contributed by atoms with Crippen molar-refractivity contribution >= 4 is 40.9 Å². The van der Waals surface area contributed by atoms with E-state index < -0.39 is 0 Å². The Morgan fingerprint density at radius 3 is 2.31 bits per heavy atom. The molecule has 0 aliphatic carbocycles. The molecule has 1 aliphatic heterocycles. The number of amides is 2. The molecule has 1 fully saturated rings. The van der Waals surface area contributed by atoms with E-state index in [9.17, 15) is 9.59 Å². The van der Waals surface area contributed by atoms with Crippen molar-refractivity contribution < 1.29 is 9.59 Å². The number of piperazine rings is 1. The van der Waals surface area contributed by atoms with E-state index in [2.05, 4.69) is 10.2 Å². The third-order valence-corrected chi connectivity index (χ3v) is 6.53. The zero-order valence-corrected chi connectivity index (χ0v) is 18.4. The Kier molecular flexibility index (Phi) is 7.58. The van der Waals surface area contributed by atoms with Crippen LogP contribution in [0.2, 0.25) is 5.02 Å². The van der Waals surface area contributed by atoms with Gasteiger partial charge in [0.1, 0.15) is 0 Å². The minimum Gasteiger partial charge on any atom is -0.339 e. The Labute approximate surface area is 181 Å². The van der Waals surface area contributed by atoms with Crippen molar-refractivity contribution in [2.24, 2.45) is 0 Å². The summed E-state index contributed by atoms with van der Waals surface area (Å²) in [6, 6.07) is 13.5. The van der Waals surface area contributed by atoms with Gasteiger partial charge in [0.2, 0.25) is 11.8 Å². The topological polar surface area (TPSA) is 52.7 Å². The van der Waals surface area contributed by atoms with Gasteiger partial charge in [-0.3, -0.25) is 14.5 Å². The van der Waals surface area contributed by atoms with Gasteiger partial charge in [0.05, 0.1) is 17.3 Å². The number of nitrogens with zero attached hydrogens (tertiary/aromatic N) is 2. The van der Waals surface area contributed by atoms with Gasteiger partial charge in [-0.1, -0.05) is 41.9 Å². The molecule has 0 aromatic heterocycles. The fourth-order valence-corrected chi connectivity index (χ4v) is 4.48. The van der Waals surface area contributed by atoms with Crippen molar-refractivity contribution in [2.75, 3.05) is 43.8 Å². The number of para-hydroxylation sites is 1. The van der Waals surface area contributed by atoms with E-state index in [0.29, 0.717) is 43.5 Å². The van der Waals surface area contributed by atoms with Crippen molar-refractivity contribution in [3.05, 3.63) is 58.6 Å². The summed E-state index contributed by atoms with van der Waals surface area (Å²) in [6.07, 6.45) is 0. The first-order chi connectivity index (χ1) is 13.9. The summed E-state index contributed by atoms with van der Waals surface area (Å²) in [5.41, 5.74) is 3.01. The second kappa shape index (κ2) is 10.1. The van der Waals surface area contributed by atoms with Gasteiger partial charge in [0, 0.05) is 36.8 Å². The number of carbonyl (C=O) groups is 2. The standard InChI is InChI=1S/C22H26ClN3O2S/c1-16-6-5-7-17(2)22(16)24-20(27)14-25-10-12-26(13-11-25)21(28)15-29-19-9-4-3-8-18(19)23/h3-9H,10-15H2,1-2H3,(H,24,27). The zero-order chi connectivity index (χ0) is 20.8. The summed E-state index contributed by atoms with van der Waals surface area (Å²) in [5, 5.41) is 3.70. The van der Waals surface area contributed by atoms with Gasteiger partial charge in [-0.05, 0) is 37.1 Å². The maximum absolute atomic E-state index is 12.5. The Hall–Kier alpha value is -2.02. The third-order valence-electron chi connectivity index (χ3n) is 5.03. The van der Waals surface area contributed by atoms with Gasteiger partial charge < -0.3 is 10.2 Å². The number of hydrogen-bond donors (Lipinski definition) is 1. The van der Waals surface area contributed by atoms with Crippen molar-refractivity contribution in [1.29, 1.82) is 0 Å². The summed E-state index contributed by atoms with van der Waals surface area (Å²) in [5.74, 6) is 0.461. The predicted octanol–water partition coefficient (Wildman–Crippen LogP) is 3.83. The first-order valence-electron chi connectivity index (χ1n) is 9.67. The summed E-state index contributed by atoms with van der Waals surface area (Å²) in [7, 11) is 0. The molecule has 3 rings (SSSR count). The molecule has 1 heterocycles. The largest absolute Gasteiger partial charge is 0.339 e. The van der Waals surface area contributed by atoms with E-state index in [1.165, 1.54) is 11.8 Å². The average molecular weight is 432 g/mol. The van der Waals surface area contributed by atoms with E-state index in [4.69, 9.17) is 11.6 Å². The molecule has 0 unspecified atom stereocenters. The summed E-state index contributed by atoms with van der Waals surface area (Å²) in [4.78, 5) is 29.8. The van der Waals surface area contributed by atoms with Crippen LogP contribution in [0.1, 0.15) is 11.1 Å². The average Bonchev–Trinajstić information content (AvgIpc) is 2.70. The number of halogens is 1. The molecular formula is C22H26ClN3O2S. The number of rotatable bonds is 6. The molecule has 29 heavy (non-hydrogen) atoms. The van der Waals surface area contributed by atoms with Gasteiger partial charge in [-0.2, -0.15) is 0 Å². The van der Waals surface area contributed by atoms with Crippen LogP contribution < -0.4 is 5.32 Å². The summed E-state index contributed by atoms with van der Waals surface area (Å²) < 4.78 is 0. The SMILES string of the molecule is Cc1cccc(C)c1NC(=O)CN1CCN(C(=O)CSc2ccccc2Cl)CC1. The first kappa shape index (κ1) is 21.7. The van der Waals surface area contributed by atoms with E-state index in [-0.39, 0.29) is 11.8 Å². The van der Waals surface area contributed by atoms with Crippen molar-refractivity contribution in [3.63, 3.8) is 0 Å². The quantitative estimate of drug-likeness (QED) is 0.706. The molecule has 5 nitrogen and oxygen atoms in total. The van der Waals surface area contributed by atoms with E-state index in [0.717, 1.165) is 21.7 Å². The van der Waals surface area contributed by atoms with Crippen molar-refractivity contribution in [2.45, 2.75) is 18.7 Å². The third kappa shape index (κ3) is 5.98. The maximum Gasteiger partial charge on any atom is 0.238 e. The minimum atomic E-state index is -0.0172. The summed E-state index contributed by atoms with van der Waals surface area (Å²) in [6.45, 7) is 6.99. The normalized spacial score (nSPS) is 14.7. The van der Waals surface area contributed by atoms with E-state index in [1.54, 1.807) is 0 Å². The Morgan fingerprint density at radius 1 is 1.00 bits per heavy atom. The molecule has 0 radical (unpaired) electrons. The lowest BCUT2D eigenvalue weighted by molar-refractivity contribution is -0.130. The highest BCUT2D eigenvalue weighted by molar-refractivity contribution is 8.00. The molecule has 2 aromatic carbocycles. The van der Waals surface area contributed by atoms with E-state index in [1.807, 2.05) is 61.2 Å². The molecule has 0 bridgehead atoms. The molecular weight excluding hydrogens is 406 g/mol. The number of anilines is 1. The van der Waals surface area contributed by atoms with Crippen LogP contribution in [-0.2, 0) is 9.59 Å². The highest BCUT2D eigenvalue weighted by Crippen LogP contribution is 2.26. The monoisotopic (exact) mass is 431 g/mol. The molecule has 2 amide bonds. The fraction of sp³-hybridized carbons (Fsp3) is 0.364.